The molecule has 0 spiro atoms. The van der Waals surface area contributed by atoms with Gasteiger partial charge < -0.3 is 20.2 Å². The highest BCUT2D eigenvalue weighted by Crippen LogP contribution is 2.30. The first-order valence-corrected chi connectivity index (χ1v) is 7.05. The van der Waals surface area contributed by atoms with Crippen LogP contribution in [0.25, 0.3) is 11.3 Å². The third-order valence-electron chi connectivity index (χ3n) is 3.33. The summed E-state index contributed by atoms with van der Waals surface area (Å²) in [6.45, 7) is 0. The number of ether oxygens (including phenoxy) is 1. The van der Waals surface area contributed by atoms with Gasteiger partial charge in [-0.15, -0.1) is 0 Å². The summed E-state index contributed by atoms with van der Waals surface area (Å²) in [5.74, 6) is -0.360. The summed E-state index contributed by atoms with van der Waals surface area (Å²) in [6, 6.07) is 12.9. The lowest BCUT2D eigenvalue weighted by Crippen LogP contribution is -2.12. The maximum Gasteiger partial charge on any atom is 0.300 e. The van der Waals surface area contributed by atoms with Crippen molar-refractivity contribution >= 4 is 17.6 Å². The lowest BCUT2D eigenvalue weighted by atomic mass is 10.1. The molecule has 0 saturated heterocycles. The van der Waals surface area contributed by atoms with Crippen molar-refractivity contribution in [3.8, 4) is 17.1 Å². The number of anilines is 2. The Hall–Kier alpha value is -3.35. The van der Waals surface area contributed by atoms with E-state index in [4.69, 9.17) is 14.9 Å². The van der Waals surface area contributed by atoms with Crippen molar-refractivity contribution in [3.63, 3.8) is 0 Å². The van der Waals surface area contributed by atoms with E-state index in [1.165, 1.54) is 12.1 Å². The van der Waals surface area contributed by atoms with Gasteiger partial charge in [0.2, 0.25) is 0 Å². The second-order valence-electron chi connectivity index (χ2n) is 4.89. The third-order valence-corrected chi connectivity index (χ3v) is 3.33. The van der Waals surface area contributed by atoms with E-state index in [0.717, 1.165) is 0 Å². The minimum absolute atomic E-state index is 0.0280. The highest BCUT2D eigenvalue weighted by molar-refractivity contribution is 5.97. The molecule has 0 unspecified atom stereocenters. The SMILES string of the molecule is COc1ccc(-c2oc(Nc3ccccc3F)nc2C(N)=O)cc1. The van der Waals surface area contributed by atoms with Gasteiger partial charge in [0.25, 0.3) is 5.91 Å². The number of para-hydroxylation sites is 1. The van der Waals surface area contributed by atoms with Gasteiger partial charge in [0.05, 0.1) is 12.8 Å². The van der Waals surface area contributed by atoms with Crippen molar-refractivity contribution < 1.29 is 18.3 Å². The highest BCUT2D eigenvalue weighted by atomic mass is 19.1. The van der Waals surface area contributed by atoms with Crippen molar-refractivity contribution in [2.24, 2.45) is 5.73 Å². The summed E-state index contributed by atoms with van der Waals surface area (Å²) >= 11 is 0. The number of hydrogen-bond acceptors (Lipinski definition) is 5. The second-order valence-corrected chi connectivity index (χ2v) is 4.89. The molecule has 122 valence electrons. The topological polar surface area (TPSA) is 90.4 Å². The lowest BCUT2D eigenvalue weighted by molar-refractivity contribution is 0.0996. The number of nitrogens with two attached hydrogens (primary N) is 1. The smallest absolute Gasteiger partial charge is 0.300 e. The van der Waals surface area contributed by atoms with Gasteiger partial charge in [-0.25, -0.2) is 4.39 Å². The van der Waals surface area contributed by atoms with Crippen molar-refractivity contribution in [2.45, 2.75) is 0 Å². The van der Waals surface area contributed by atoms with Gasteiger partial charge in [0.15, 0.2) is 11.5 Å². The number of carbonyl (C=O) groups is 1. The predicted molar refractivity (Wildman–Crippen MR) is 86.7 cm³/mol. The molecular weight excluding hydrogens is 313 g/mol. The van der Waals surface area contributed by atoms with Gasteiger partial charge in [-0.05, 0) is 36.4 Å². The van der Waals surface area contributed by atoms with Crippen LogP contribution in [0.5, 0.6) is 5.75 Å². The Balaban J connectivity index is 1.98. The Morgan fingerprint density at radius 1 is 1.21 bits per heavy atom. The number of nitrogens with zero attached hydrogens (tertiary/aromatic N) is 1. The number of aromatic nitrogens is 1. The van der Waals surface area contributed by atoms with Gasteiger partial charge in [-0.1, -0.05) is 12.1 Å². The molecule has 0 aliphatic carbocycles. The molecule has 3 aromatic rings. The second kappa shape index (κ2) is 6.41. The average Bonchev–Trinajstić information content (AvgIpc) is 3.01. The number of amides is 1. The predicted octanol–water partition coefficient (Wildman–Crippen LogP) is 3.33. The zero-order valence-corrected chi connectivity index (χ0v) is 12.7. The van der Waals surface area contributed by atoms with E-state index in [9.17, 15) is 9.18 Å². The molecule has 0 aliphatic heterocycles. The monoisotopic (exact) mass is 327 g/mol. The normalized spacial score (nSPS) is 10.4. The summed E-state index contributed by atoms with van der Waals surface area (Å²) in [7, 11) is 1.55. The number of oxazole rings is 1. The van der Waals surface area contributed by atoms with Crippen LogP contribution in [0, 0.1) is 5.82 Å². The summed E-state index contributed by atoms with van der Waals surface area (Å²) in [4.78, 5) is 15.6. The van der Waals surface area contributed by atoms with E-state index in [1.54, 1.807) is 43.5 Å². The van der Waals surface area contributed by atoms with E-state index in [0.29, 0.717) is 11.3 Å². The molecule has 1 heterocycles. The molecule has 0 radical (unpaired) electrons. The van der Waals surface area contributed by atoms with E-state index in [2.05, 4.69) is 10.3 Å². The van der Waals surface area contributed by atoms with Crippen molar-refractivity contribution in [1.82, 2.24) is 4.98 Å². The fourth-order valence-electron chi connectivity index (χ4n) is 2.16. The van der Waals surface area contributed by atoms with Crippen LogP contribution >= 0.6 is 0 Å². The molecule has 1 aromatic heterocycles. The molecule has 24 heavy (non-hydrogen) atoms. The highest BCUT2D eigenvalue weighted by Gasteiger charge is 2.20. The summed E-state index contributed by atoms with van der Waals surface area (Å²) < 4.78 is 24.4. The molecular formula is C17H14FN3O3. The Bertz CT molecular complexity index is 875. The number of nitrogens with one attached hydrogen (secondary N) is 1. The average molecular weight is 327 g/mol. The van der Waals surface area contributed by atoms with Crippen LogP contribution in [0.15, 0.2) is 52.9 Å². The molecule has 3 rings (SSSR count). The molecule has 7 heteroatoms. The number of hydrogen-bond donors (Lipinski definition) is 2. The minimum Gasteiger partial charge on any atom is -0.497 e. The molecule has 0 bridgehead atoms. The van der Waals surface area contributed by atoms with Gasteiger partial charge in [0, 0.05) is 5.56 Å². The van der Waals surface area contributed by atoms with Crippen LogP contribution < -0.4 is 15.8 Å². The Morgan fingerprint density at radius 3 is 2.54 bits per heavy atom. The Kier molecular flexibility index (Phi) is 4.15. The largest absolute Gasteiger partial charge is 0.497 e. The number of primary amides is 1. The summed E-state index contributed by atoms with van der Waals surface area (Å²) in [5.41, 5.74) is 6.09. The first-order chi connectivity index (χ1) is 11.6. The molecule has 0 fully saturated rings. The number of carbonyl (C=O) groups excluding carboxylic acids is 1. The standard InChI is InChI=1S/C17H14FN3O3/c1-23-11-8-6-10(7-9-11)15-14(16(19)22)21-17(24-15)20-13-5-3-2-4-12(13)18/h2-9H,1H3,(H2,19,22)(H,20,21). The Labute approximate surface area is 137 Å². The molecule has 0 atom stereocenters. The number of methoxy groups -OCH3 is 1. The van der Waals surface area contributed by atoms with E-state index < -0.39 is 11.7 Å². The van der Waals surface area contributed by atoms with Crippen LogP contribution in [0.3, 0.4) is 0 Å². The minimum atomic E-state index is -0.744. The fourth-order valence-corrected chi connectivity index (χ4v) is 2.16. The van der Waals surface area contributed by atoms with Crippen LogP contribution in [0.2, 0.25) is 0 Å². The molecule has 3 N–H and O–H groups in total. The van der Waals surface area contributed by atoms with Crippen LogP contribution in [-0.2, 0) is 0 Å². The number of benzene rings is 2. The number of halogens is 1. The zero-order valence-electron chi connectivity index (χ0n) is 12.7. The Morgan fingerprint density at radius 2 is 1.92 bits per heavy atom. The molecule has 1 amide bonds. The van der Waals surface area contributed by atoms with Crippen molar-refractivity contribution in [2.75, 3.05) is 12.4 Å². The zero-order chi connectivity index (χ0) is 17.1. The first kappa shape index (κ1) is 15.5. The summed E-state index contributed by atoms with van der Waals surface area (Å²) in [5, 5.41) is 2.69. The lowest BCUT2D eigenvalue weighted by Gasteiger charge is -2.03. The van der Waals surface area contributed by atoms with Gasteiger partial charge in [-0.2, -0.15) is 4.98 Å². The van der Waals surface area contributed by atoms with Gasteiger partial charge >= 0.3 is 6.01 Å². The van der Waals surface area contributed by atoms with Crippen LogP contribution in [0.4, 0.5) is 16.1 Å². The molecule has 6 nitrogen and oxygen atoms in total. The molecule has 2 aromatic carbocycles. The maximum atomic E-state index is 13.7. The molecule has 0 saturated carbocycles. The third kappa shape index (κ3) is 3.05. The van der Waals surface area contributed by atoms with Gasteiger partial charge in [0.1, 0.15) is 11.6 Å². The van der Waals surface area contributed by atoms with Crippen molar-refractivity contribution in [1.29, 1.82) is 0 Å². The number of rotatable bonds is 5. The van der Waals surface area contributed by atoms with E-state index in [1.807, 2.05) is 0 Å². The van der Waals surface area contributed by atoms with E-state index >= 15 is 0 Å². The molecule has 0 aliphatic rings. The maximum absolute atomic E-state index is 13.7. The van der Waals surface area contributed by atoms with Crippen LogP contribution in [-0.4, -0.2) is 18.0 Å². The van der Waals surface area contributed by atoms with E-state index in [-0.39, 0.29) is 23.2 Å². The van der Waals surface area contributed by atoms with Crippen LogP contribution in [0.1, 0.15) is 10.5 Å². The summed E-state index contributed by atoms with van der Waals surface area (Å²) in [6.07, 6.45) is 0. The quantitative estimate of drug-likeness (QED) is 0.750. The van der Waals surface area contributed by atoms with Crippen molar-refractivity contribution in [3.05, 3.63) is 60.0 Å². The fraction of sp³-hybridized carbons (Fsp3) is 0.0588. The first-order valence-electron chi connectivity index (χ1n) is 7.05. The van der Waals surface area contributed by atoms with Gasteiger partial charge in [-0.3, -0.25) is 4.79 Å².